The number of likely N-dealkylation sites (tertiary alicyclic amines) is 1. The van der Waals surface area contributed by atoms with E-state index in [4.69, 9.17) is 16.3 Å². The number of benzene rings is 2. The molecule has 3 aromatic rings. The third kappa shape index (κ3) is 3.17. The maximum atomic E-state index is 13.8. The number of aromatic amines is 1. The van der Waals surface area contributed by atoms with E-state index < -0.39 is 23.4 Å². The summed E-state index contributed by atoms with van der Waals surface area (Å²) in [5.74, 6) is -2.42. The average Bonchev–Trinajstić information content (AvgIpc) is 3.55. The molecule has 0 radical (unpaired) electrons. The lowest BCUT2D eigenvalue weighted by molar-refractivity contribution is -0.143. The van der Waals surface area contributed by atoms with Gasteiger partial charge < -0.3 is 15.0 Å². The van der Waals surface area contributed by atoms with Crippen molar-refractivity contribution in [3.05, 3.63) is 64.8 Å². The van der Waals surface area contributed by atoms with Gasteiger partial charge in [-0.2, -0.15) is 0 Å². The van der Waals surface area contributed by atoms with Gasteiger partial charge in [0.2, 0.25) is 17.7 Å². The smallest absolute Gasteiger partial charge is 0.250 e. The average molecular weight is 493 g/mol. The number of H-pyrrole nitrogens is 1. The van der Waals surface area contributed by atoms with Crippen molar-refractivity contribution in [1.29, 1.82) is 0 Å². The van der Waals surface area contributed by atoms with Gasteiger partial charge in [0.05, 0.1) is 11.8 Å². The lowest BCUT2D eigenvalue weighted by Gasteiger charge is -2.29. The molecule has 3 aliphatic heterocycles. The van der Waals surface area contributed by atoms with Crippen LogP contribution in [-0.2, 0) is 31.1 Å². The zero-order valence-electron chi connectivity index (χ0n) is 19.1. The minimum atomic E-state index is -1.36. The number of aromatic nitrogens is 1. The van der Waals surface area contributed by atoms with Crippen molar-refractivity contribution in [2.24, 2.45) is 11.8 Å². The summed E-state index contributed by atoms with van der Waals surface area (Å²) >= 11 is 6.32. The highest BCUT2D eigenvalue weighted by Gasteiger charge is 2.70. The Hall–Kier alpha value is -3.20. The van der Waals surface area contributed by atoms with Crippen molar-refractivity contribution in [3.63, 3.8) is 0 Å². The molecule has 2 saturated heterocycles. The summed E-state index contributed by atoms with van der Waals surface area (Å²) < 4.78 is 5.12. The lowest BCUT2D eigenvalue weighted by atomic mass is 9.76. The molecule has 9 heteroatoms. The van der Waals surface area contributed by atoms with E-state index in [1.807, 2.05) is 30.5 Å². The highest BCUT2D eigenvalue weighted by atomic mass is 35.5. The molecule has 0 saturated carbocycles. The van der Waals surface area contributed by atoms with E-state index in [2.05, 4.69) is 15.6 Å². The Morgan fingerprint density at radius 1 is 1.11 bits per heavy atom. The van der Waals surface area contributed by atoms with Gasteiger partial charge in [0.25, 0.3) is 0 Å². The van der Waals surface area contributed by atoms with E-state index in [1.54, 1.807) is 25.3 Å². The molecule has 4 atom stereocenters. The van der Waals surface area contributed by atoms with Gasteiger partial charge in [-0.1, -0.05) is 29.8 Å². The van der Waals surface area contributed by atoms with E-state index in [0.29, 0.717) is 35.7 Å². The van der Waals surface area contributed by atoms with Crippen molar-refractivity contribution < 1.29 is 19.1 Å². The van der Waals surface area contributed by atoms with Gasteiger partial charge in [0.1, 0.15) is 5.54 Å². The maximum Gasteiger partial charge on any atom is 0.250 e. The summed E-state index contributed by atoms with van der Waals surface area (Å²) in [5, 5.41) is 7.91. The van der Waals surface area contributed by atoms with Crippen LogP contribution in [0.4, 0.5) is 5.69 Å². The van der Waals surface area contributed by atoms with Crippen LogP contribution >= 0.6 is 11.6 Å². The summed E-state index contributed by atoms with van der Waals surface area (Å²) in [6.45, 7) is 0.700. The molecule has 35 heavy (non-hydrogen) atoms. The molecule has 0 unspecified atom stereocenters. The number of imide groups is 1. The van der Waals surface area contributed by atoms with Crippen LogP contribution in [0.15, 0.2) is 48.7 Å². The highest BCUT2D eigenvalue weighted by molar-refractivity contribution is 6.31. The molecule has 3 amide bonds. The first-order chi connectivity index (χ1) is 17.0. The Labute approximate surface area is 207 Å². The standard InChI is InChI=1S/C26H25ClN4O4/c1-35-10-4-9-31-23(32)21-20(11-14-13-28-18-6-3-2-5-16(14)18)30-26(22(21)24(31)33)17-12-15(27)7-8-19(17)29-25(26)34/h2-3,5-8,12-13,20-22,28,30H,4,9-11H2,1H3,(H,29,34)/t20-,21-,22+,26+/m1/s1. The predicted molar refractivity (Wildman–Crippen MR) is 131 cm³/mol. The van der Waals surface area contributed by atoms with Crippen molar-refractivity contribution in [3.8, 4) is 0 Å². The minimum Gasteiger partial charge on any atom is -0.385 e. The SMILES string of the molecule is COCCCN1C(=O)[C@H]2[C@@H](C1=O)[C@]1(N[C@@H]2Cc2c[nH]c3ccccc23)C(=O)Nc2ccc(Cl)cc21. The number of halogens is 1. The van der Waals surface area contributed by atoms with Crippen LogP contribution in [0, 0.1) is 11.8 Å². The number of anilines is 1. The molecule has 4 heterocycles. The number of nitrogens with one attached hydrogen (secondary N) is 3. The quantitative estimate of drug-likeness (QED) is 0.362. The number of methoxy groups -OCH3 is 1. The van der Waals surface area contributed by atoms with Gasteiger partial charge in [-0.25, -0.2) is 0 Å². The second-order valence-electron chi connectivity index (χ2n) is 9.44. The molecule has 0 bridgehead atoms. The largest absolute Gasteiger partial charge is 0.385 e. The van der Waals surface area contributed by atoms with E-state index in [1.165, 1.54) is 4.90 Å². The van der Waals surface area contributed by atoms with Crippen molar-refractivity contribution in [2.75, 3.05) is 25.6 Å². The number of fused-ring (bicyclic) bond motifs is 5. The third-order valence-electron chi connectivity index (χ3n) is 7.61. The molecule has 1 spiro atoms. The number of para-hydroxylation sites is 1. The first kappa shape index (κ1) is 22.3. The molecule has 3 aliphatic rings. The fraction of sp³-hybridized carbons (Fsp3) is 0.346. The second kappa shape index (κ2) is 8.19. The Balaban J connectivity index is 1.45. The first-order valence-electron chi connectivity index (χ1n) is 11.7. The summed E-state index contributed by atoms with van der Waals surface area (Å²) in [6, 6.07) is 12.7. The Morgan fingerprint density at radius 2 is 1.94 bits per heavy atom. The summed E-state index contributed by atoms with van der Waals surface area (Å²) in [6.07, 6.45) is 2.96. The highest BCUT2D eigenvalue weighted by Crippen LogP contribution is 2.53. The van der Waals surface area contributed by atoms with Crippen LogP contribution in [-0.4, -0.2) is 53.9 Å². The Bertz CT molecular complexity index is 1370. The van der Waals surface area contributed by atoms with E-state index in [9.17, 15) is 14.4 Å². The fourth-order valence-electron chi connectivity index (χ4n) is 6.13. The lowest BCUT2D eigenvalue weighted by Crippen LogP contribution is -2.53. The molecule has 180 valence electrons. The van der Waals surface area contributed by atoms with Gasteiger partial charge in [0.15, 0.2) is 0 Å². The monoisotopic (exact) mass is 492 g/mol. The van der Waals surface area contributed by atoms with Gasteiger partial charge in [-0.3, -0.25) is 24.6 Å². The maximum absolute atomic E-state index is 13.8. The van der Waals surface area contributed by atoms with Crippen LogP contribution in [0.1, 0.15) is 17.5 Å². The van der Waals surface area contributed by atoms with E-state index in [0.717, 1.165) is 16.5 Å². The number of rotatable bonds is 6. The molecule has 2 aromatic carbocycles. The minimum absolute atomic E-state index is 0.242. The number of hydrogen-bond donors (Lipinski definition) is 3. The second-order valence-corrected chi connectivity index (χ2v) is 9.88. The number of nitrogens with zero attached hydrogens (tertiary/aromatic N) is 1. The Kier molecular flexibility index (Phi) is 5.21. The van der Waals surface area contributed by atoms with Gasteiger partial charge in [0, 0.05) is 59.7 Å². The number of ether oxygens (including phenoxy) is 1. The molecular weight excluding hydrogens is 468 g/mol. The topological polar surface area (TPSA) is 104 Å². The van der Waals surface area contributed by atoms with Gasteiger partial charge in [-0.05, 0) is 42.7 Å². The number of amides is 3. The van der Waals surface area contributed by atoms with Crippen LogP contribution in [0.3, 0.4) is 0 Å². The molecule has 8 nitrogen and oxygen atoms in total. The molecular formula is C26H25ClN4O4. The Morgan fingerprint density at radius 3 is 2.77 bits per heavy atom. The molecule has 6 rings (SSSR count). The van der Waals surface area contributed by atoms with E-state index >= 15 is 0 Å². The summed E-state index contributed by atoms with van der Waals surface area (Å²) in [4.78, 5) is 45.6. The zero-order chi connectivity index (χ0) is 24.3. The molecule has 2 fully saturated rings. The number of hydrogen-bond acceptors (Lipinski definition) is 5. The first-order valence-corrected chi connectivity index (χ1v) is 12.1. The van der Waals surface area contributed by atoms with Gasteiger partial charge >= 0.3 is 0 Å². The van der Waals surface area contributed by atoms with Crippen LogP contribution < -0.4 is 10.6 Å². The third-order valence-corrected chi connectivity index (χ3v) is 7.85. The molecule has 0 aliphatic carbocycles. The molecule has 1 aromatic heterocycles. The van der Waals surface area contributed by atoms with E-state index in [-0.39, 0.29) is 24.3 Å². The van der Waals surface area contributed by atoms with Crippen molar-refractivity contribution in [1.82, 2.24) is 15.2 Å². The van der Waals surface area contributed by atoms with Crippen LogP contribution in [0.5, 0.6) is 0 Å². The predicted octanol–water partition coefficient (Wildman–Crippen LogP) is 2.82. The molecule has 3 N–H and O–H groups in total. The fourth-order valence-corrected chi connectivity index (χ4v) is 6.31. The van der Waals surface area contributed by atoms with Crippen LogP contribution in [0.2, 0.25) is 5.02 Å². The van der Waals surface area contributed by atoms with Crippen LogP contribution in [0.25, 0.3) is 10.9 Å². The normalized spacial score (nSPS) is 27.2. The number of carbonyl (C=O) groups is 3. The van der Waals surface area contributed by atoms with Crippen molar-refractivity contribution in [2.45, 2.75) is 24.4 Å². The van der Waals surface area contributed by atoms with Crippen molar-refractivity contribution >= 4 is 45.9 Å². The summed E-state index contributed by atoms with van der Waals surface area (Å²) in [5.41, 5.74) is 1.89. The van der Waals surface area contributed by atoms with Gasteiger partial charge in [-0.15, -0.1) is 0 Å². The number of carbonyl (C=O) groups excluding carboxylic acids is 3. The zero-order valence-corrected chi connectivity index (χ0v) is 19.9. The summed E-state index contributed by atoms with van der Waals surface area (Å²) in [7, 11) is 1.59.